The lowest BCUT2D eigenvalue weighted by Crippen LogP contribution is -2.51. The molecule has 0 bridgehead atoms. The second kappa shape index (κ2) is 15.3. The van der Waals surface area contributed by atoms with Crippen molar-refractivity contribution in [2.24, 2.45) is 0 Å². The molecule has 38 heavy (non-hydrogen) atoms. The van der Waals surface area contributed by atoms with E-state index in [0.717, 1.165) is 32.1 Å². The molecule has 0 amide bonds. The van der Waals surface area contributed by atoms with Gasteiger partial charge in [-0.05, 0) is 32.1 Å². The maximum absolute atomic E-state index is 13.5. The third-order valence-corrected chi connectivity index (χ3v) is 7.40. The van der Waals surface area contributed by atoms with Gasteiger partial charge in [0.2, 0.25) is 5.72 Å². The third kappa shape index (κ3) is 7.16. The first-order valence-electron chi connectivity index (χ1n) is 14.2. The monoisotopic (exact) mass is 531 g/mol. The van der Waals surface area contributed by atoms with Crippen LogP contribution in [0.5, 0.6) is 0 Å². The van der Waals surface area contributed by atoms with Gasteiger partial charge in [-0.15, -0.1) is 0 Å². The van der Waals surface area contributed by atoms with Crippen LogP contribution in [-0.4, -0.2) is 65.5 Å². The lowest BCUT2D eigenvalue weighted by atomic mass is 9.94. The van der Waals surface area contributed by atoms with Crippen LogP contribution < -0.4 is 5.73 Å². The van der Waals surface area contributed by atoms with Gasteiger partial charge in [-0.3, -0.25) is 9.36 Å². The van der Waals surface area contributed by atoms with Crippen LogP contribution in [0.25, 0.3) is 11.2 Å². The van der Waals surface area contributed by atoms with Crippen molar-refractivity contribution < 1.29 is 24.9 Å². The van der Waals surface area contributed by atoms with Gasteiger partial charge in [0.25, 0.3) is 0 Å². The number of hydrogen-bond acceptors (Lipinski definition) is 9. The van der Waals surface area contributed by atoms with Gasteiger partial charge in [-0.1, -0.05) is 70.4 Å². The van der Waals surface area contributed by atoms with Gasteiger partial charge in [-0.2, -0.15) is 0 Å². The molecule has 1 saturated heterocycles. The number of nitrogens with zero attached hydrogens (tertiary/aromatic N) is 4. The fraction of sp³-hybridized carbons (Fsp3) is 0.714. The van der Waals surface area contributed by atoms with E-state index in [1.54, 1.807) is 0 Å². The number of hydrogen-bond donors (Lipinski definition) is 4. The zero-order valence-electron chi connectivity index (χ0n) is 22.7. The molecule has 3 rings (SSSR count). The summed E-state index contributed by atoms with van der Waals surface area (Å²) < 4.78 is 7.18. The molecular weight excluding hydrogens is 486 g/mol. The molecule has 10 nitrogen and oxygen atoms in total. The summed E-state index contributed by atoms with van der Waals surface area (Å²) in [5, 5.41) is 31.1. The molecular formula is C28H45N5O5. The first-order valence-corrected chi connectivity index (χ1v) is 14.2. The normalized spacial score (nSPS) is 23.6. The number of carbonyl (C=O) groups is 1. The predicted octanol–water partition coefficient (Wildman–Crippen LogP) is 3.78. The summed E-state index contributed by atoms with van der Waals surface area (Å²) in [7, 11) is 0. The maximum Gasteiger partial charge on any atom is 0.236 e. The number of aliphatic hydroxyl groups is 3. The molecule has 212 valence electrons. The van der Waals surface area contributed by atoms with E-state index in [0.29, 0.717) is 6.42 Å². The van der Waals surface area contributed by atoms with Crippen LogP contribution >= 0.6 is 0 Å². The first-order chi connectivity index (χ1) is 18.5. The van der Waals surface area contributed by atoms with Crippen LogP contribution in [0.15, 0.2) is 24.8 Å². The van der Waals surface area contributed by atoms with Crippen molar-refractivity contribution in [1.29, 1.82) is 0 Å². The molecule has 5 N–H and O–H groups in total. The number of aliphatic hydroxyl groups excluding tert-OH is 3. The Balaban J connectivity index is 1.46. The second-order valence-electron chi connectivity index (χ2n) is 10.3. The van der Waals surface area contributed by atoms with Gasteiger partial charge >= 0.3 is 0 Å². The Morgan fingerprint density at radius 2 is 1.63 bits per heavy atom. The van der Waals surface area contributed by atoms with E-state index >= 15 is 0 Å². The van der Waals surface area contributed by atoms with Crippen LogP contribution in [-0.2, 0) is 15.3 Å². The standard InChI is InChI=1S/C28H45N5O5/c1-2-3-4-5-6-7-8-9-10-11-12-13-14-15-16-17-22(35)28(25(37)24(36)21(18-34)38-28)33-20-32-23-26(29)30-19-31-27(23)33/h9-10,19-21,24-25,34,36-37H,2-8,11-18H2,1H3,(H2,29,30,31)/b10-9-/t21-,24-,25-,28-/m1/s1. The molecule has 0 spiro atoms. The van der Waals surface area contributed by atoms with Gasteiger partial charge in [0.1, 0.15) is 36.5 Å². The number of carbonyl (C=O) groups excluding carboxylic acids is 1. The minimum absolute atomic E-state index is 0.125. The Morgan fingerprint density at radius 1 is 1.00 bits per heavy atom. The highest BCUT2D eigenvalue weighted by Gasteiger charge is 2.60. The number of nitrogen functional groups attached to an aromatic ring is 1. The number of unbranched alkanes of at least 4 members (excludes halogenated alkanes) is 11. The van der Waals surface area contributed by atoms with E-state index in [4.69, 9.17) is 10.5 Å². The van der Waals surface area contributed by atoms with Crippen LogP contribution in [0, 0.1) is 0 Å². The zero-order valence-corrected chi connectivity index (χ0v) is 22.7. The van der Waals surface area contributed by atoms with Gasteiger partial charge in [0.15, 0.2) is 17.2 Å². The smallest absolute Gasteiger partial charge is 0.236 e. The summed E-state index contributed by atoms with van der Waals surface area (Å²) in [5.74, 6) is -0.283. The number of aromatic nitrogens is 4. The van der Waals surface area contributed by atoms with Crippen LogP contribution in [0.4, 0.5) is 5.82 Å². The Hall–Kier alpha value is -2.40. The molecule has 4 atom stereocenters. The van der Waals surface area contributed by atoms with E-state index in [2.05, 4.69) is 34.0 Å². The molecule has 2 aromatic rings. The van der Waals surface area contributed by atoms with E-state index in [9.17, 15) is 20.1 Å². The average molecular weight is 532 g/mol. The number of fused-ring (bicyclic) bond motifs is 1. The summed E-state index contributed by atoms with van der Waals surface area (Å²) in [5.41, 5.74) is 4.41. The van der Waals surface area contributed by atoms with Crippen molar-refractivity contribution in [1.82, 2.24) is 19.5 Å². The molecule has 2 aromatic heterocycles. The number of Topliss-reactive ketones (excluding diaryl/α,β-unsaturated/α-hetero) is 1. The summed E-state index contributed by atoms with van der Waals surface area (Å²) >= 11 is 0. The number of imidazole rings is 1. The number of rotatable bonds is 18. The number of nitrogens with two attached hydrogens (primary N) is 1. The summed E-state index contributed by atoms with van der Waals surface area (Å²) in [6.07, 6.45) is 18.0. The van der Waals surface area contributed by atoms with E-state index < -0.39 is 36.4 Å². The molecule has 3 heterocycles. The minimum Gasteiger partial charge on any atom is -0.394 e. The van der Waals surface area contributed by atoms with Gasteiger partial charge in [0, 0.05) is 6.42 Å². The lowest BCUT2D eigenvalue weighted by molar-refractivity contribution is -0.174. The molecule has 0 saturated carbocycles. The number of allylic oxidation sites excluding steroid dienone is 2. The van der Waals surface area contributed by atoms with Gasteiger partial charge in [0.05, 0.1) is 6.61 Å². The number of anilines is 1. The fourth-order valence-electron chi connectivity index (χ4n) is 5.15. The highest BCUT2D eigenvalue weighted by molar-refractivity contribution is 5.89. The molecule has 0 aromatic carbocycles. The van der Waals surface area contributed by atoms with Crippen molar-refractivity contribution >= 4 is 22.8 Å². The molecule has 0 aliphatic carbocycles. The highest BCUT2D eigenvalue weighted by Crippen LogP contribution is 2.39. The SMILES string of the molecule is CCCCCCCC/C=C\CCCCCCCC(=O)[C@@]1(n2cnc3c(N)ncnc32)O[C@H](CO)[C@@H](O)[C@H]1O. The maximum atomic E-state index is 13.5. The van der Waals surface area contributed by atoms with Crippen molar-refractivity contribution in [2.75, 3.05) is 12.3 Å². The van der Waals surface area contributed by atoms with E-state index in [1.807, 2.05) is 0 Å². The molecule has 0 unspecified atom stereocenters. The Kier molecular flexibility index (Phi) is 12.1. The third-order valence-electron chi connectivity index (χ3n) is 7.40. The Morgan fingerprint density at radius 3 is 2.26 bits per heavy atom. The number of ether oxygens (including phenoxy) is 1. The predicted molar refractivity (Wildman–Crippen MR) is 146 cm³/mol. The average Bonchev–Trinajstić information content (AvgIpc) is 3.47. The molecule has 0 radical (unpaired) electrons. The van der Waals surface area contributed by atoms with E-state index in [-0.39, 0.29) is 23.4 Å². The van der Waals surface area contributed by atoms with Gasteiger partial charge < -0.3 is 25.8 Å². The zero-order chi connectivity index (χ0) is 27.4. The molecule has 1 aliphatic heterocycles. The van der Waals surface area contributed by atoms with Crippen molar-refractivity contribution in [3.05, 3.63) is 24.8 Å². The Labute approximate surface area is 225 Å². The highest BCUT2D eigenvalue weighted by atomic mass is 16.6. The van der Waals surface area contributed by atoms with Crippen LogP contribution in [0.3, 0.4) is 0 Å². The molecule has 1 aliphatic rings. The Bertz CT molecular complexity index is 1030. The number of ketones is 1. The fourth-order valence-corrected chi connectivity index (χ4v) is 5.15. The summed E-state index contributed by atoms with van der Waals surface area (Å²) in [6, 6.07) is 0. The second-order valence-corrected chi connectivity index (χ2v) is 10.3. The largest absolute Gasteiger partial charge is 0.394 e. The van der Waals surface area contributed by atoms with E-state index in [1.165, 1.54) is 62.2 Å². The van der Waals surface area contributed by atoms with Crippen LogP contribution in [0.2, 0.25) is 0 Å². The minimum atomic E-state index is -1.96. The topological polar surface area (TPSA) is 157 Å². The molecule has 10 heteroatoms. The van der Waals surface area contributed by atoms with Crippen molar-refractivity contribution in [3.63, 3.8) is 0 Å². The quantitative estimate of drug-likeness (QED) is 0.166. The van der Waals surface area contributed by atoms with Crippen LogP contribution in [0.1, 0.15) is 96.8 Å². The molecule has 1 fully saturated rings. The van der Waals surface area contributed by atoms with Gasteiger partial charge in [-0.25, -0.2) is 15.0 Å². The first kappa shape index (κ1) is 30.1. The summed E-state index contributed by atoms with van der Waals surface area (Å²) in [4.78, 5) is 25.8. The summed E-state index contributed by atoms with van der Waals surface area (Å²) in [6.45, 7) is 1.69. The van der Waals surface area contributed by atoms with Crippen molar-refractivity contribution in [3.8, 4) is 0 Å². The van der Waals surface area contributed by atoms with Crippen molar-refractivity contribution in [2.45, 2.75) is 121 Å². The lowest BCUT2D eigenvalue weighted by Gasteiger charge is -2.32.